The molecule has 1 aliphatic heterocycles. The minimum Gasteiger partial charge on any atom is -0.497 e. The SMILES string of the molecule is COc1ccc(NC2=C(c3cccs3)C(=O)N(c3ccc(Br)cc3)C2=O)cc1. The molecule has 7 heteroatoms. The molecule has 1 aromatic heterocycles. The molecule has 0 bridgehead atoms. The van der Waals surface area contributed by atoms with Crippen molar-refractivity contribution in [1.29, 1.82) is 0 Å². The summed E-state index contributed by atoms with van der Waals surface area (Å²) in [5.41, 5.74) is 1.86. The van der Waals surface area contributed by atoms with E-state index in [2.05, 4.69) is 21.2 Å². The maximum Gasteiger partial charge on any atom is 0.282 e. The number of anilines is 2. The molecule has 2 aromatic carbocycles. The summed E-state index contributed by atoms with van der Waals surface area (Å²) in [7, 11) is 1.59. The topological polar surface area (TPSA) is 58.6 Å². The van der Waals surface area contributed by atoms with Crippen molar-refractivity contribution in [2.75, 3.05) is 17.3 Å². The van der Waals surface area contributed by atoms with E-state index in [1.54, 1.807) is 55.6 Å². The predicted molar refractivity (Wildman–Crippen MR) is 114 cm³/mol. The van der Waals surface area contributed by atoms with E-state index in [-0.39, 0.29) is 17.5 Å². The van der Waals surface area contributed by atoms with Gasteiger partial charge in [-0.2, -0.15) is 0 Å². The van der Waals surface area contributed by atoms with Crippen molar-refractivity contribution in [1.82, 2.24) is 0 Å². The molecule has 1 N–H and O–H groups in total. The fourth-order valence-electron chi connectivity index (χ4n) is 2.94. The lowest BCUT2D eigenvalue weighted by molar-refractivity contribution is -0.120. The van der Waals surface area contributed by atoms with Crippen LogP contribution in [0, 0.1) is 0 Å². The van der Waals surface area contributed by atoms with Gasteiger partial charge in [-0.1, -0.05) is 22.0 Å². The highest BCUT2D eigenvalue weighted by Gasteiger charge is 2.40. The van der Waals surface area contributed by atoms with Gasteiger partial charge in [-0.25, -0.2) is 4.90 Å². The standard InChI is InChI=1S/C21H15BrN2O3S/c1-27-16-10-6-14(7-11-16)23-19-18(17-3-2-12-28-17)20(25)24(21(19)26)15-8-4-13(22)5-9-15/h2-12,23H,1H3. The molecule has 2 amide bonds. The molecule has 140 valence electrons. The summed E-state index contributed by atoms with van der Waals surface area (Å²) in [6.45, 7) is 0. The number of ether oxygens (including phenoxy) is 1. The van der Waals surface area contributed by atoms with Gasteiger partial charge in [0.05, 0.1) is 18.4 Å². The first-order chi connectivity index (χ1) is 13.6. The highest BCUT2D eigenvalue weighted by atomic mass is 79.9. The number of hydrogen-bond donors (Lipinski definition) is 1. The van der Waals surface area contributed by atoms with Gasteiger partial charge in [0.1, 0.15) is 11.4 Å². The third kappa shape index (κ3) is 3.34. The molecule has 4 rings (SSSR count). The Bertz CT molecular complexity index is 1060. The molecule has 28 heavy (non-hydrogen) atoms. The van der Waals surface area contributed by atoms with E-state index >= 15 is 0 Å². The lowest BCUT2D eigenvalue weighted by Gasteiger charge is -2.15. The van der Waals surface area contributed by atoms with Gasteiger partial charge in [-0.15, -0.1) is 11.3 Å². The van der Waals surface area contributed by atoms with Crippen LogP contribution in [-0.4, -0.2) is 18.9 Å². The van der Waals surface area contributed by atoms with E-state index in [9.17, 15) is 9.59 Å². The predicted octanol–water partition coefficient (Wildman–Crippen LogP) is 4.92. The lowest BCUT2D eigenvalue weighted by Crippen LogP contribution is -2.32. The number of halogens is 1. The number of imide groups is 1. The Hall–Kier alpha value is -2.90. The lowest BCUT2D eigenvalue weighted by atomic mass is 10.2. The Morgan fingerprint density at radius 2 is 1.68 bits per heavy atom. The van der Waals surface area contributed by atoms with Crippen molar-refractivity contribution < 1.29 is 14.3 Å². The van der Waals surface area contributed by atoms with Crippen LogP contribution >= 0.6 is 27.3 Å². The van der Waals surface area contributed by atoms with Crippen LogP contribution in [0.2, 0.25) is 0 Å². The van der Waals surface area contributed by atoms with Gasteiger partial charge in [-0.05, 0) is 60.0 Å². The van der Waals surface area contributed by atoms with Gasteiger partial charge < -0.3 is 10.1 Å². The van der Waals surface area contributed by atoms with Gasteiger partial charge in [0, 0.05) is 15.0 Å². The minimum atomic E-state index is -0.383. The second-order valence-electron chi connectivity index (χ2n) is 6.00. The Balaban J connectivity index is 1.75. The molecule has 0 atom stereocenters. The Morgan fingerprint density at radius 3 is 2.29 bits per heavy atom. The fraction of sp³-hybridized carbons (Fsp3) is 0.0476. The summed E-state index contributed by atoms with van der Waals surface area (Å²) < 4.78 is 6.04. The Morgan fingerprint density at radius 1 is 0.964 bits per heavy atom. The highest BCUT2D eigenvalue weighted by molar-refractivity contribution is 9.10. The number of rotatable bonds is 5. The van der Waals surface area contributed by atoms with Crippen LogP contribution in [-0.2, 0) is 9.59 Å². The number of methoxy groups -OCH3 is 1. The normalized spacial score (nSPS) is 14.0. The second kappa shape index (κ2) is 7.61. The van der Waals surface area contributed by atoms with Gasteiger partial charge in [0.15, 0.2) is 0 Å². The molecular formula is C21H15BrN2O3S. The summed E-state index contributed by atoms with van der Waals surface area (Å²) in [5.74, 6) is -0.0133. The van der Waals surface area contributed by atoms with E-state index in [1.807, 2.05) is 17.5 Å². The summed E-state index contributed by atoms with van der Waals surface area (Å²) >= 11 is 4.80. The largest absolute Gasteiger partial charge is 0.497 e. The first-order valence-electron chi connectivity index (χ1n) is 8.42. The average Bonchev–Trinajstić information content (AvgIpc) is 3.31. The number of benzene rings is 2. The van der Waals surface area contributed by atoms with Crippen LogP contribution in [0.5, 0.6) is 5.75 Å². The van der Waals surface area contributed by atoms with E-state index < -0.39 is 0 Å². The van der Waals surface area contributed by atoms with E-state index in [4.69, 9.17) is 4.74 Å². The van der Waals surface area contributed by atoms with Crippen molar-refractivity contribution in [3.8, 4) is 5.75 Å². The van der Waals surface area contributed by atoms with Crippen molar-refractivity contribution in [3.05, 3.63) is 81.1 Å². The third-order valence-corrected chi connectivity index (χ3v) is 5.71. The molecule has 0 saturated heterocycles. The summed E-state index contributed by atoms with van der Waals surface area (Å²) in [4.78, 5) is 28.3. The smallest absolute Gasteiger partial charge is 0.282 e. The van der Waals surface area contributed by atoms with Gasteiger partial charge in [0.2, 0.25) is 0 Å². The average molecular weight is 455 g/mol. The minimum absolute atomic E-state index is 0.264. The molecule has 0 spiro atoms. The molecule has 2 heterocycles. The van der Waals surface area contributed by atoms with E-state index in [0.717, 1.165) is 9.35 Å². The summed E-state index contributed by atoms with van der Waals surface area (Å²) in [6, 6.07) is 18.0. The number of thiophene rings is 1. The first-order valence-corrected chi connectivity index (χ1v) is 10.1. The number of carbonyl (C=O) groups is 2. The van der Waals surface area contributed by atoms with E-state index in [1.165, 1.54) is 16.2 Å². The zero-order valence-electron chi connectivity index (χ0n) is 14.8. The van der Waals surface area contributed by atoms with Crippen LogP contribution in [0.25, 0.3) is 5.57 Å². The summed E-state index contributed by atoms with van der Waals surface area (Å²) in [5, 5.41) is 5.01. The zero-order chi connectivity index (χ0) is 19.7. The molecule has 1 aliphatic rings. The fourth-order valence-corrected chi connectivity index (χ4v) is 3.97. The number of amides is 2. The van der Waals surface area contributed by atoms with E-state index in [0.29, 0.717) is 22.7 Å². The van der Waals surface area contributed by atoms with Crippen LogP contribution in [0.4, 0.5) is 11.4 Å². The third-order valence-electron chi connectivity index (χ3n) is 4.30. The quantitative estimate of drug-likeness (QED) is 0.556. The van der Waals surface area contributed by atoms with Gasteiger partial charge >= 0.3 is 0 Å². The Kier molecular flexibility index (Phi) is 5.02. The van der Waals surface area contributed by atoms with Crippen LogP contribution in [0.15, 0.2) is 76.2 Å². The van der Waals surface area contributed by atoms with Crippen molar-refractivity contribution >= 4 is 56.0 Å². The van der Waals surface area contributed by atoms with Crippen molar-refractivity contribution in [2.45, 2.75) is 0 Å². The molecule has 0 aliphatic carbocycles. The van der Waals surface area contributed by atoms with Gasteiger partial charge in [-0.3, -0.25) is 9.59 Å². The van der Waals surface area contributed by atoms with Gasteiger partial charge in [0.25, 0.3) is 11.8 Å². The Labute approximate surface area is 174 Å². The number of carbonyl (C=O) groups excluding carboxylic acids is 2. The zero-order valence-corrected chi connectivity index (χ0v) is 17.2. The molecule has 0 unspecified atom stereocenters. The monoisotopic (exact) mass is 454 g/mol. The number of nitrogens with one attached hydrogen (secondary N) is 1. The highest BCUT2D eigenvalue weighted by Crippen LogP contribution is 2.36. The first kappa shape index (κ1) is 18.5. The molecule has 0 fully saturated rings. The van der Waals surface area contributed by atoms with Crippen LogP contribution in [0.1, 0.15) is 4.88 Å². The maximum atomic E-state index is 13.2. The maximum absolute atomic E-state index is 13.2. The molecular weight excluding hydrogens is 440 g/mol. The summed E-state index contributed by atoms with van der Waals surface area (Å²) in [6.07, 6.45) is 0. The number of hydrogen-bond acceptors (Lipinski definition) is 5. The van der Waals surface area contributed by atoms with Crippen molar-refractivity contribution in [3.63, 3.8) is 0 Å². The molecule has 5 nitrogen and oxygen atoms in total. The molecule has 0 saturated carbocycles. The second-order valence-corrected chi connectivity index (χ2v) is 7.87. The van der Waals surface area contributed by atoms with Crippen LogP contribution in [0.3, 0.4) is 0 Å². The van der Waals surface area contributed by atoms with Crippen LogP contribution < -0.4 is 15.0 Å². The number of nitrogens with zero attached hydrogens (tertiary/aromatic N) is 1. The van der Waals surface area contributed by atoms with Crippen molar-refractivity contribution in [2.24, 2.45) is 0 Å². The molecule has 0 radical (unpaired) electrons. The molecule has 3 aromatic rings.